The number of carbonyl (C=O) groups is 2. The Labute approximate surface area is 176 Å². The molecule has 8 nitrogen and oxygen atoms in total. The molecule has 1 unspecified atom stereocenters. The molecule has 1 fully saturated rings. The quantitative estimate of drug-likeness (QED) is 0.234. The Morgan fingerprint density at radius 3 is 2.33 bits per heavy atom. The van der Waals surface area contributed by atoms with Crippen molar-refractivity contribution in [2.75, 3.05) is 19.7 Å². The Morgan fingerprint density at radius 1 is 1.33 bits per heavy atom. The molecule has 1 saturated heterocycles. The fourth-order valence-corrected chi connectivity index (χ4v) is 2.53. The van der Waals surface area contributed by atoms with Crippen molar-refractivity contribution < 1.29 is 14.3 Å². The third-order valence-electron chi connectivity index (χ3n) is 3.81. The van der Waals surface area contributed by atoms with Crippen molar-refractivity contribution in [3.63, 3.8) is 0 Å². The van der Waals surface area contributed by atoms with Gasteiger partial charge in [0.05, 0.1) is 5.29 Å². The van der Waals surface area contributed by atoms with Crippen LogP contribution in [0.15, 0.2) is 29.6 Å². The molecule has 9 heteroatoms. The molecule has 1 aromatic rings. The number of terminal acetylenes is 1. The number of hydrogen-bond donors (Lipinski definition) is 3. The molecule has 1 aliphatic heterocycles. The predicted molar refractivity (Wildman–Crippen MR) is 114 cm³/mol. The number of benzene rings is 1. The minimum atomic E-state index is -1.06. The number of carbonyl (C=O) groups excluding carboxylic acids is 2. The Kier molecular flexibility index (Phi) is 11.4. The number of ether oxygens (including phenoxy) is 1. The lowest BCUT2D eigenvalue weighted by Crippen LogP contribution is -2.74. The fraction of sp³-hybridized carbons (Fsp3) is 0.444. The van der Waals surface area contributed by atoms with Crippen molar-refractivity contribution in [2.45, 2.75) is 32.4 Å². The Bertz CT molecular complexity index is 669. The molecule has 1 heterocycles. The summed E-state index contributed by atoms with van der Waals surface area (Å²) in [5.74, 6) is 1.25. The van der Waals surface area contributed by atoms with Crippen LogP contribution in [0.3, 0.4) is 0 Å². The maximum atomic E-state index is 12.4. The number of rotatable bonds is 7. The van der Waals surface area contributed by atoms with E-state index in [4.69, 9.17) is 11.2 Å². The minimum Gasteiger partial charge on any atom is -0.370 e. The van der Waals surface area contributed by atoms with Gasteiger partial charge in [0.15, 0.2) is 0 Å². The number of nitroso groups, excluding NO2 is 1. The van der Waals surface area contributed by atoms with Gasteiger partial charge in [-0.15, -0.1) is 35.3 Å². The second kappa shape index (κ2) is 12.4. The fourth-order valence-electron chi connectivity index (χ4n) is 2.53. The number of nitrogens with one attached hydrogen (secondary N) is 3. The van der Waals surface area contributed by atoms with E-state index in [1.807, 2.05) is 19.3 Å². The Hall–Kier alpha value is -2.03. The molecule has 2 amide bonds. The number of amides is 2. The van der Waals surface area contributed by atoms with Gasteiger partial charge >= 0.3 is 0 Å². The second-order valence-corrected chi connectivity index (χ2v) is 5.30. The first-order valence-electron chi connectivity index (χ1n) is 8.40. The Morgan fingerprint density at radius 2 is 1.93 bits per heavy atom. The summed E-state index contributed by atoms with van der Waals surface area (Å²) < 4.78 is 5.66. The van der Waals surface area contributed by atoms with Gasteiger partial charge in [-0.05, 0) is 31.2 Å². The molecule has 1 aromatic carbocycles. The second-order valence-electron chi connectivity index (χ2n) is 5.30. The van der Waals surface area contributed by atoms with E-state index in [9.17, 15) is 14.5 Å². The van der Waals surface area contributed by atoms with Crippen LogP contribution in [0.4, 0.5) is 0 Å². The summed E-state index contributed by atoms with van der Waals surface area (Å²) in [7, 11) is 0. The van der Waals surface area contributed by atoms with Crippen LogP contribution in [0.5, 0.6) is 0 Å². The summed E-state index contributed by atoms with van der Waals surface area (Å²) in [5, 5.41) is 8.01. The van der Waals surface area contributed by atoms with Crippen molar-refractivity contribution in [1.82, 2.24) is 16.1 Å². The number of halogens is 1. The average molecular weight is 488 g/mol. The van der Waals surface area contributed by atoms with Crippen LogP contribution in [-0.2, 0) is 9.53 Å². The highest BCUT2D eigenvalue weighted by Gasteiger charge is 2.50. The van der Waals surface area contributed by atoms with Crippen LogP contribution in [0.2, 0.25) is 0 Å². The summed E-state index contributed by atoms with van der Waals surface area (Å²) in [6, 6.07) is 5.31. The molecular formula is C18H25IN4O4. The zero-order valence-electron chi connectivity index (χ0n) is 15.6. The summed E-state index contributed by atoms with van der Waals surface area (Å²) in [6.07, 6.45) is 5.28. The molecular weight excluding hydrogens is 463 g/mol. The van der Waals surface area contributed by atoms with Gasteiger partial charge in [-0.2, -0.15) is 0 Å². The van der Waals surface area contributed by atoms with Gasteiger partial charge in [-0.3, -0.25) is 9.59 Å². The molecule has 3 N–H and O–H groups in total. The van der Waals surface area contributed by atoms with Gasteiger partial charge in [0.1, 0.15) is 11.6 Å². The number of hydrogen-bond acceptors (Lipinski definition) is 6. The van der Waals surface area contributed by atoms with Crippen LogP contribution in [-0.4, -0.2) is 43.2 Å². The van der Waals surface area contributed by atoms with Crippen molar-refractivity contribution in [2.24, 2.45) is 5.29 Å². The van der Waals surface area contributed by atoms with Crippen LogP contribution in [0.25, 0.3) is 0 Å². The summed E-state index contributed by atoms with van der Waals surface area (Å²) in [5.41, 5.74) is 1.89. The average Bonchev–Trinajstić information content (AvgIpc) is 2.64. The molecule has 27 heavy (non-hydrogen) atoms. The highest BCUT2D eigenvalue weighted by Crippen LogP contribution is 2.22. The highest BCUT2D eigenvalue weighted by atomic mass is 127. The van der Waals surface area contributed by atoms with Gasteiger partial charge in [0.25, 0.3) is 11.8 Å². The van der Waals surface area contributed by atoms with E-state index in [1.165, 1.54) is 0 Å². The molecule has 0 spiro atoms. The molecule has 0 saturated carbocycles. The predicted octanol–water partition coefficient (Wildman–Crippen LogP) is 1.59. The van der Waals surface area contributed by atoms with E-state index in [-0.39, 0.29) is 24.0 Å². The molecule has 0 aliphatic carbocycles. The first-order valence-corrected chi connectivity index (χ1v) is 8.40. The maximum absolute atomic E-state index is 12.4. The number of nitrogens with zero attached hydrogens (tertiary/aromatic N) is 1. The van der Waals surface area contributed by atoms with Gasteiger partial charge in [-0.1, -0.05) is 19.8 Å². The van der Waals surface area contributed by atoms with E-state index in [0.717, 1.165) is 0 Å². The van der Waals surface area contributed by atoms with Gasteiger partial charge in [0.2, 0.25) is 0 Å². The van der Waals surface area contributed by atoms with Crippen LogP contribution >= 0.6 is 24.0 Å². The monoisotopic (exact) mass is 488 g/mol. The standard InChI is InChI=1S/C16H18N4O4.C2H6.HI/c1-3-11-5-7-12(8-6-11)14(21)18-13(15(22)19-20-23)16(24-4-2)9-17-10-16;1-2;/h1,5-8,13,17H,4,9-10H2,2H3,(H,18,21)(H,19,22,23);1-2H3;1H. The molecule has 0 aromatic heterocycles. The van der Waals surface area contributed by atoms with E-state index in [1.54, 1.807) is 31.2 Å². The lowest BCUT2D eigenvalue weighted by molar-refractivity contribution is -0.141. The van der Waals surface area contributed by atoms with E-state index < -0.39 is 23.5 Å². The third kappa shape index (κ3) is 6.27. The zero-order chi connectivity index (χ0) is 19.6. The third-order valence-corrected chi connectivity index (χ3v) is 3.81. The zero-order valence-corrected chi connectivity index (χ0v) is 17.9. The van der Waals surface area contributed by atoms with E-state index in [0.29, 0.717) is 30.8 Å². The molecule has 1 aliphatic rings. The lowest BCUT2D eigenvalue weighted by atomic mass is 9.86. The van der Waals surface area contributed by atoms with Gasteiger partial charge in [0, 0.05) is 30.8 Å². The van der Waals surface area contributed by atoms with Crippen LogP contribution in [0, 0.1) is 17.3 Å². The summed E-state index contributed by atoms with van der Waals surface area (Å²) in [6.45, 7) is 6.88. The molecule has 2 rings (SSSR count). The van der Waals surface area contributed by atoms with Gasteiger partial charge < -0.3 is 15.4 Å². The normalized spacial score (nSPS) is 14.6. The molecule has 1 atom stereocenters. The smallest absolute Gasteiger partial charge is 0.268 e. The maximum Gasteiger partial charge on any atom is 0.268 e. The SMILES string of the molecule is C#Cc1ccc(C(=O)NC(C(=O)NN=O)C2(OCC)CNC2)cc1.CC.I. The first kappa shape index (κ1) is 25.0. The summed E-state index contributed by atoms with van der Waals surface area (Å²) in [4.78, 5) is 35.0. The van der Waals surface area contributed by atoms with Crippen molar-refractivity contribution in [3.8, 4) is 12.3 Å². The summed E-state index contributed by atoms with van der Waals surface area (Å²) >= 11 is 0. The molecule has 148 valence electrons. The van der Waals surface area contributed by atoms with Crippen molar-refractivity contribution >= 4 is 35.8 Å². The highest BCUT2D eigenvalue weighted by molar-refractivity contribution is 14.0. The van der Waals surface area contributed by atoms with Crippen molar-refractivity contribution in [3.05, 3.63) is 40.3 Å². The van der Waals surface area contributed by atoms with E-state index >= 15 is 0 Å². The Balaban J connectivity index is 0.00000218. The molecule has 0 radical (unpaired) electrons. The van der Waals surface area contributed by atoms with Crippen LogP contribution < -0.4 is 16.1 Å². The minimum absolute atomic E-state index is 0. The van der Waals surface area contributed by atoms with Gasteiger partial charge in [-0.25, -0.2) is 5.43 Å². The van der Waals surface area contributed by atoms with E-state index in [2.05, 4.69) is 21.8 Å². The lowest BCUT2D eigenvalue weighted by Gasteiger charge is -2.46. The largest absolute Gasteiger partial charge is 0.370 e. The van der Waals surface area contributed by atoms with Crippen LogP contribution in [0.1, 0.15) is 36.7 Å². The van der Waals surface area contributed by atoms with Crippen molar-refractivity contribution in [1.29, 1.82) is 0 Å². The first-order chi connectivity index (χ1) is 12.6. The molecule has 0 bridgehead atoms. The topological polar surface area (TPSA) is 109 Å².